The summed E-state index contributed by atoms with van der Waals surface area (Å²) in [6, 6.07) is 0.206. The van der Waals surface area contributed by atoms with Crippen molar-refractivity contribution in [2.75, 3.05) is 32.8 Å². The van der Waals surface area contributed by atoms with Crippen LogP contribution in [0.4, 0.5) is 0 Å². The van der Waals surface area contributed by atoms with Crippen LogP contribution < -0.4 is 5.32 Å². The molecular formula is C14H26N2O2. The summed E-state index contributed by atoms with van der Waals surface area (Å²) in [6.07, 6.45) is 3.92. The molecule has 1 saturated heterocycles. The van der Waals surface area contributed by atoms with Crippen LogP contribution in [0.25, 0.3) is 0 Å². The second-order valence-electron chi connectivity index (χ2n) is 5.48. The van der Waals surface area contributed by atoms with Crippen molar-refractivity contribution in [1.82, 2.24) is 10.2 Å². The van der Waals surface area contributed by atoms with Crippen molar-refractivity contribution in [3.05, 3.63) is 0 Å². The Kier molecular flexibility index (Phi) is 5.01. The number of nitrogens with zero attached hydrogens (tertiary/aromatic N) is 1. The zero-order chi connectivity index (χ0) is 13.0. The lowest BCUT2D eigenvalue weighted by Crippen LogP contribution is -2.47. The molecule has 0 radical (unpaired) electrons. The number of hydrogen-bond donors (Lipinski definition) is 1. The zero-order valence-corrected chi connectivity index (χ0v) is 11.7. The van der Waals surface area contributed by atoms with Crippen LogP contribution in [-0.4, -0.2) is 49.7 Å². The van der Waals surface area contributed by atoms with E-state index in [0.717, 1.165) is 25.6 Å². The molecule has 104 valence electrons. The Morgan fingerprint density at radius 3 is 2.67 bits per heavy atom. The van der Waals surface area contributed by atoms with E-state index in [1.54, 1.807) is 0 Å². The quantitative estimate of drug-likeness (QED) is 0.776. The Morgan fingerprint density at radius 2 is 2.11 bits per heavy atom. The molecule has 2 fully saturated rings. The van der Waals surface area contributed by atoms with E-state index in [1.165, 1.54) is 19.3 Å². The number of ether oxygens (including phenoxy) is 1. The minimum Gasteiger partial charge on any atom is -0.379 e. The summed E-state index contributed by atoms with van der Waals surface area (Å²) in [7, 11) is 0. The lowest BCUT2D eigenvalue weighted by molar-refractivity contribution is -0.136. The summed E-state index contributed by atoms with van der Waals surface area (Å²) in [5.41, 5.74) is 0. The summed E-state index contributed by atoms with van der Waals surface area (Å²) in [6.45, 7) is 8.07. The predicted molar refractivity (Wildman–Crippen MR) is 71.4 cm³/mol. The number of likely N-dealkylation sites (N-methyl/N-ethyl adjacent to an activating group) is 1. The van der Waals surface area contributed by atoms with Crippen molar-refractivity contribution >= 4 is 5.91 Å². The van der Waals surface area contributed by atoms with Crippen molar-refractivity contribution in [2.45, 2.75) is 39.2 Å². The smallest absolute Gasteiger partial charge is 0.229 e. The highest BCUT2D eigenvalue weighted by molar-refractivity contribution is 5.80. The Balaban J connectivity index is 1.90. The van der Waals surface area contributed by atoms with Crippen LogP contribution >= 0.6 is 0 Å². The molecule has 2 aliphatic rings. The van der Waals surface area contributed by atoms with Gasteiger partial charge in [-0.05, 0) is 32.2 Å². The molecule has 0 aromatic heterocycles. The maximum absolute atomic E-state index is 12.5. The van der Waals surface area contributed by atoms with Crippen LogP contribution in [-0.2, 0) is 9.53 Å². The van der Waals surface area contributed by atoms with Crippen LogP contribution in [0.1, 0.15) is 33.1 Å². The van der Waals surface area contributed by atoms with Crippen LogP contribution in [0, 0.1) is 11.8 Å². The highest BCUT2D eigenvalue weighted by Gasteiger charge is 2.36. The normalized spacial score (nSPS) is 28.1. The molecule has 4 heteroatoms. The minimum atomic E-state index is 0.0185. The van der Waals surface area contributed by atoms with E-state index in [-0.39, 0.29) is 17.9 Å². The summed E-state index contributed by atoms with van der Waals surface area (Å²) in [5, 5.41) is 3.36. The van der Waals surface area contributed by atoms with Gasteiger partial charge in [0.05, 0.1) is 19.1 Å². The van der Waals surface area contributed by atoms with Crippen molar-refractivity contribution in [2.24, 2.45) is 11.8 Å². The van der Waals surface area contributed by atoms with Gasteiger partial charge in [0.2, 0.25) is 5.91 Å². The zero-order valence-electron chi connectivity index (χ0n) is 11.7. The molecule has 1 aliphatic heterocycles. The molecule has 1 heterocycles. The van der Waals surface area contributed by atoms with Crippen LogP contribution in [0.5, 0.6) is 0 Å². The molecule has 0 aromatic carbocycles. The first kappa shape index (κ1) is 13.8. The highest BCUT2D eigenvalue weighted by Crippen LogP contribution is 2.28. The molecule has 0 bridgehead atoms. The van der Waals surface area contributed by atoms with E-state index < -0.39 is 0 Å². The van der Waals surface area contributed by atoms with E-state index in [1.807, 2.05) is 4.90 Å². The van der Waals surface area contributed by atoms with E-state index in [2.05, 4.69) is 19.2 Å². The summed E-state index contributed by atoms with van der Waals surface area (Å²) < 4.78 is 5.47. The van der Waals surface area contributed by atoms with Gasteiger partial charge >= 0.3 is 0 Å². The van der Waals surface area contributed by atoms with Gasteiger partial charge in [-0.2, -0.15) is 0 Å². The van der Waals surface area contributed by atoms with Crippen LogP contribution in [0.3, 0.4) is 0 Å². The fourth-order valence-electron chi connectivity index (χ4n) is 2.86. The van der Waals surface area contributed by atoms with Crippen molar-refractivity contribution in [1.29, 1.82) is 0 Å². The second-order valence-corrected chi connectivity index (χ2v) is 5.48. The molecule has 1 aliphatic carbocycles. The number of amides is 1. The summed E-state index contributed by atoms with van der Waals surface area (Å²) in [4.78, 5) is 14.6. The number of nitrogens with one attached hydrogen (secondary N) is 1. The van der Waals surface area contributed by atoms with Crippen molar-refractivity contribution in [3.63, 3.8) is 0 Å². The Morgan fingerprint density at radius 1 is 1.33 bits per heavy atom. The summed E-state index contributed by atoms with van der Waals surface area (Å²) in [5.74, 6) is 1.05. The van der Waals surface area contributed by atoms with E-state index in [0.29, 0.717) is 13.2 Å². The molecule has 1 amide bonds. The van der Waals surface area contributed by atoms with Gasteiger partial charge in [-0.25, -0.2) is 0 Å². The average Bonchev–Trinajstić information content (AvgIpc) is 2.76. The van der Waals surface area contributed by atoms with Crippen LogP contribution in [0.15, 0.2) is 0 Å². The third kappa shape index (κ3) is 3.04. The first-order valence-electron chi connectivity index (χ1n) is 7.36. The third-order valence-electron chi connectivity index (χ3n) is 4.26. The molecule has 18 heavy (non-hydrogen) atoms. The van der Waals surface area contributed by atoms with Gasteiger partial charge < -0.3 is 15.0 Å². The predicted octanol–water partition coefficient (Wildman–Crippen LogP) is 1.26. The maximum atomic E-state index is 12.5. The molecule has 2 unspecified atom stereocenters. The molecule has 1 N–H and O–H groups in total. The Bertz CT molecular complexity index is 279. The van der Waals surface area contributed by atoms with Crippen molar-refractivity contribution in [3.8, 4) is 0 Å². The number of rotatable bonds is 6. The lowest BCUT2D eigenvalue weighted by atomic mass is 9.85. The van der Waals surface area contributed by atoms with Gasteiger partial charge in [-0.15, -0.1) is 0 Å². The minimum absolute atomic E-state index is 0.0185. The van der Waals surface area contributed by atoms with Gasteiger partial charge in [0, 0.05) is 19.1 Å². The Labute approximate surface area is 110 Å². The van der Waals surface area contributed by atoms with Gasteiger partial charge in [0.1, 0.15) is 0 Å². The molecule has 2 atom stereocenters. The van der Waals surface area contributed by atoms with Gasteiger partial charge in [0.15, 0.2) is 0 Å². The second kappa shape index (κ2) is 6.53. The third-order valence-corrected chi connectivity index (χ3v) is 4.26. The number of hydrogen-bond acceptors (Lipinski definition) is 3. The largest absolute Gasteiger partial charge is 0.379 e. The molecule has 0 spiro atoms. The maximum Gasteiger partial charge on any atom is 0.229 e. The van der Waals surface area contributed by atoms with Crippen LogP contribution in [0.2, 0.25) is 0 Å². The molecule has 4 nitrogen and oxygen atoms in total. The fourth-order valence-corrected chi connectivity index (χ4v) is 2.86. The van der Waals surface area contributed by atoms with Gasteiger partial charge in [-0.3, -0.25) is 4.79 Å². The van der Waals surface area contributed by atoms with Gasteiger partial charge in [0.25, 0.3) is 0 Å². The molecular weight excluding hydrogens is 228 g/mol. The number of carbonyl (C=O) groups excluding carboxylic acids is 1. The van der Waals surface area contributed by atoms with E-state index in [4.69, 9.17) is 4.74 Å². The molecule has 2 rings (SSSR count). The average molecular weight is 254 g/mol. The van der Waals surface area contributed by atoms with E-state index in [9.17, 15) is 4.79 Å². The Hall–Kier alpha value is -0.610. The van der Waals surface area contributed by atoms with Gasteiger partial charge in [-0.1, -0.05) is 13.3 Å². The first-order chi connectivity index (χ1) is 8.76. The standard InChI is InChI=1S/C14H26N2O2/c1-3-15-13-10-18-9-12(13)14(17)16(4-2)8-11-6-5-7-11/h11-13,15H,3-10H2,1-2H3. The first-order valence-corrected chi connectivity index (χ1v) is 7.36. The molecule has 1 saturated carbocycles. The SMILES string of the molecule is CCNC1COCC1C(=O)N(CC)CC1CCC1. The summed E-state index contributed by atoms with van der Waals surface area (Å²) >= 11 is 0. The van der Waals surface area contributed by atoms with Crippen molar-refractivity contribution < 1.29 is 9.53 Å². The van der Waals surface area contributed by atoms with E-state index >= 15 is 0 Å². The lowest BCUT2D eigenvalue weighted by Gasteiger charge is -2.33. The highest BCUT2D eigenvalue weighted by atomic mass is 16.5. The monoisotopic (exact) mass is 254 g/mol. The molecule has 0 aromatic rings. The number of carbonyl (C=O) groups is 1. The fraction of sp³-hybridized carbons (Fsp3) is 0.929. The topological polar surface area (TPSA) is 41.6 Å².